The number of benzene rings is 10. The standard InChI is InChI=1S/C71H57N/c1-69(2)63-35-18-15-32-57(63)60-41-38-49(45-66(60)69)48-22-21-31-54(44-48)72(55-39-42-61-58-33-16-19-36-64(58)70(67(61)46-55,50-23-7-3-8-24-50)51-25-9-4-10-26-51)56-40-43-62-59-34-17-20-37-65(59)71(68(62)47-56,52-27-11-5-12-28-52)53-29-13-6-14-30-53/h3-16,18-19,21-33,35-36,38-47,59,65H,17,20,34,37H2,1-2H3. The molecule has 0 bridgehead atoms. The highest BCUT2D eigenvalue weighted by Crippen LogP contribution is 2.63. The van der Waals surface area contributed by atoms with Gasteiger partial charge in [-0.05, 0) is 156 Å². The second kappa shape index (κ2) is 16.5. The van der Waals surface area contributed by atoms with Crippen LogP contribution >= 0.6 is 0 Å². The molecule has 1 nitrogen and oxygen atoms in total. The van der Waals surface area contributed by atoms with Gasteiger partial charge in [0.2, 0.25) is 0 Å². The average molecular weight is 924 g/mol. The number of hydrogen-bond acceptors (Lipinski definition) is 1. The Morgan fingerprint density at radius 1 is 0.347 bits per heavy atom. The van der Waals surface area contributed by atoms with E-state index in [-0.39, 0.29) is 10.8 Å². The Bertz CT molecular complexity index is 3600. The number of rotatable bonds is 8. The minimum atomic E-state index is -0.532. The third-order valence-electron chi connectivity index (χ3n) is 17.6. The molecule has 346 valence electrons. The van der Waals surface area contributed by atoms with Crippen LogP contribution in [0.3, 0.4) is 0 Å². The summed E-state index contributed by atoms with van der Waals surface area (Å²) in [6, 6.07) is 94.9. The van der Waals surface area contributed by atoms with Gasteiger partial charge in [0.15, 0.2) is 0 Å². The lowest BCUT2D eigenvalue weighted by Gasteiger charge is -2.42. The van der Waals surface area contributed by atoms with Crippen molar-refractivity contribution in [3.8, 4) is 33.4 Å². The van der Waals surface area contributed by atoms with Crippen molar-refractivity contribution >= 4 is 17.1 Å². The van der Waals surface area contributed by atoms with Crippen molar-refractivity contribution < 1.29 is 0 Å². The summed E-state index contributed by atoms with van der Waals surface area (Å²) >= 11 is 0. The van der Waals surface area contributed by atoms with Gasteiger partial charge in [-0.3, -0.25) is 0 Å². The maximum atomic E-state index is 2.61. The van der Waals surface area contributed by atoms with Crippen LogP contribution in [-0.4, -0.2) is 0 Å². The zero-order valence-electron chi connectivity index (χ0n) is 41.1. The number of hydrogen-bond donors (Lipinski definition) is 0. The van der Waals surface area contributed by atoms with Crippen molar-refractivity contribution in [3.05, 3.63) is 304 Å². The number of nitrogens with zero attached hydrogens (tertiary/aromatic N) is 1. The zero-order chi connectivity index (χ0) is 48.0. The summed E-state index contributed by atoms with van der Waals surface area (Å²) in [4.78, 5) is 2.57. The third kappa shape index (κ3) is 6.13. The number of fused-ring (bicyclic) bond motifs is 9. The van der Waals surface area contributed by atoms with E-state index in [1.807, 2.05) is 0 Å². The third-order valence-corrected chi connectivity index (χ3v) is 17.6. The van der Waals surface area contributed by atoms with E-state index < -0.39 is 5.41 Å². The van der Waals surface area contributed by atoms with Gasteiger partial charge in [0.1, 0.15) is 0 Å². The van der Waals surface area contributed by atoms with Gasteiger partial charge >= 0.3 is 0 Å². The fourth-order valence-electron chi connectivity index (χ4n) is 14.6. The molecule has 72 heavy (non-hydrogen) atoms. The van der Waals surface area contributed by atoms with Crippen molar-refractivity contribution in [2.75, 3.05) is 4.90 Å². The molecule has 14 rings (SSSR count). The zero-order valence-corrected chi connectivity index (χ0v) is 41.1. The summed E-state index contributed by atoms with van der Waals surface area (Å²) in [6.45, 7) is 4.76. The molecule has 0 saturated heterocycles. The SMILES string of the molecule is CC1(C)c2ccccc2-c2ccc(-c3cccc(N(c4ccc5c(c4)C(c4ccccc4)(c4ccccc4)c4ccccc4-5)c4ccc5c(c4)C(c4ccccc4)(c4ccccc4)C4CCCCC54)c3)cc21. The average Bonchev–Trinajstić information content (AvgIpc) is 4.01. The van der Waals surface area contributed by atoms with Gasteiger partial charge in [-0.15, -0.1) is 0 Å². The predicted molar refractivity (Wildman–Crippen MR) is 299 cm³/mol. The topological polar surface area (TPSA) is 3.24 Å². The molecule has 0 aliphatic heterocycles. The van der Waals surface area contributed by atoms with E-state index in [4.69, 9.17) is 0 Å². The summed E-state index contributed by atoms with van der Waals surface area (Å²) in [5, 5.41) is 0. The Morgan fingerprint density at radius 2 is 0.833 bits per heavy atom. The van der Waals surface area contributed by atoms with E-state index in [1.165, 1.54) is 120 Å². The van der Waals surface area contributed by atoms with Crippen LogP contribution in [0.15, 0.2) is 249 Å². The van der Waals surface area contributed by atoms with Gasteiger partial charge in [-0.1, -0.05) is 233 Å². The molecule has 2 unspecified atom stereocenters. The van der Waals surface area contributed by atoms with Crippen LogP contribution in [0.2, 0.25) is 0 Å². The molecule has 0 spiro atoms. The van der Waals surface area contributed by atoms with Crippen LogP contribution in [0.1, 0.15) is 101 Å². The van der Waals surface area contributed by atoms with Crippen LogP contribution < -0.4 is 4.90 Å². The summed E-state index contributed by atoms with van der Waals surface area (Å²) in [5.74, 6) is 0.954. The first kappa shape index (κ1) is 42.8. The molecule has 1 fully saturated rings. The molecule has 4 aliphatic rings. The molecule has 1 heteroatoms. The molecule has 10 aromatic rings. The van der Waals surface area contributed by atoms with E-state index in [0.29, 0.717) is 11.8 Å². The van der Waals surface area contributed by atoms with Crippen LogP contribution in [0.25, 0.3) is 33.4 Å². The Morgan fingerprint density at radius 3 is 1.50 bits per heavy atom. The molecule has 0 N–H and O–H groups in total. The van der Waals surface area contributed by atoms with Crippen molar-refractivity contribution in [2.45, 2.75) is 61.7 Å². The van der Waals surface area contributed by atoms with Crippen LogP contribution in [0.5, 0.6) is 0 Å². The molecule has 1 saturated carbocycles. The first-order chi connectivity index (χ1) is 35.5. The Hall–Kier alpha value is -8.00. The molecular formula is C71H57N. The van der Waals surface area contributed by atoms with Crippen LogP contribution in [0.4, 0.5) is 17.1 Å². The Labute approximate surface area is 425 Å². The van der Waals surface area contributed by atoms with Gasteiger partial charge in [0.25, 0.3) is 0 Å². The highest BCUT2D eigenvalue weighted by Gasteiger charge is 2.55. The molecule has 0 heterocycles. The lowest BCUT2D eigenvalue weighted by atomic mass is 9.61. The Balaban J connectivity index is 1.02. The minimum absolute atomic E-state index is 0.0941. The summed E-state index contributed by atoms with van der Waals surface area (Å²) in [7, 11) is 0. The monoisotopic (exact) mass is 923 g/mol. The molecular weight excluding hydrogens is 867 g/mol. The quantitative estimate of drug-likeness (QED) is 0.147. The minimum Gasteiger partial charge on any atom is -0.310 e. The molecule has 4 aliphatic carbocycles. The second-order valence-corrected chi connectivity index (χ2v) is 21.4. The first-order valence-electron chi connectivity index (χ1n) is 26.2. The largest absolute Gasteiger partial charge is 0.310 e. The van der Waals surface area contributed by atoms with Gasteiger partial charge in [-0.25, -0.2) is 0 Å². The lowest BCUT2D eigenvalue weighted by molar-refractivity contribution is 0.262. The Kier molecular flexibility index (Phi) is 9.84. The van der Waals surface area contributed by atoms with Crippen molar-refractivity contribution in [2.24, 2.45) is 5.92 Å². The highest BCUT2D eigenvalue weighted by atomic mass is 15.1. The highest BCUT2D eigenvalue weighted by molar-refractivity contribution is 5.91. The van der Waals surface area contributed by atoms with E-state index in [2.05, 4.69) is 267 Å². The lowest BCUT2D eigenvalue weighted by Crippen LogP contribution is -2.37. The normalized spacial score (nSPS) is 18.0. The van der Waals surface area contributed by atoms with Gasteiger partial charge < -0.3 is 4.90 Å². The summed E-state index contributed by atoms with van der Waals surface area (Å²) in [5.41, 5.74) is 23.9. The van der Waals surface area contributed by atoms with E-state index in [9.17, 15) is 0 Å². The van der Waals surface area contributed by atoms with Gasteiger partial charge in [0.05, 0.1) is 5.41 Å². The van der Waals surface area contributed by atoms with Crippen molar-refractivity contribution in [1.82, 2.24) is 0 Å². The number of anilines is 3. The van der Waals surface area contributed by atoms with E-state index >= 15 is 0 Å². The second-order valence-electron chi connectivity index (χ2n) is 21.4. The van der Waals surface area contributed by atoms with E-state index in [1.54, 1.807) is 0 Å². The summed E-state index contributed by atoms with van der Waals surface area (Å²) in [6.07, 6.45) is 4.96. The van der Waals surface area contributed by atoms with E-state index in [0.717, 1.165) is 11.4 Å². The first-order valence-corrected chi connectivity index (χ1v) is 26.2. The molecule has 0 amide bonds. The molecule has 2 atom stereocenters. The summed E-state index contributed by atoms with van der Waals surface area (Å²) < 4.78 is 0. The fraction of sp³-hybridized carbons (Fsp3) is 0.155. The molecule has 10 aromatic carbocycles. The van der Waals surface area contributed by atoms with Gasteiger partial charge in [0, 0.05) is 27.9 Å². The predicted octanol–water partition coefficient (Wildman–Crippen LogP) is 18.1. The maximum absolute atomic E-state index is 2.61. The van der Waals surface area contributed by atoms with Crippen molar-refractivity contribution in [1.29, 1.82) is 0 Å². The van der Waals surface area contributed by atoms with Crippen LogP contribution in [0, 0.1) is 5.92 Å². The fourth-order valence-corrected chi connectivity index (χ4v) is 14.6. The molecule has 0 aromatic heterocycles. The van der Waals surface area contributed by atoms with Crippen LogP contribution in [-0.2, 0) is 16.2 Å². The van der Waals surface area contributed by atoms with Crippen molar-refractivity contribution in [3.63, 3.8) is 0 Å². The maximum Gasteiger partial charge on any atom is 0.0714 e. The smallest absolute Gasteiger partial charge is 0.0714 e. The van der Waals surface area contributed by atoms with Gasteiger partial charge in [-0.2, -0.15) is 0 Å². The molecule has 0 radical (unpaired) electrons.